The van der Waals surface area contributed by atoms with E-state index < -0.39 is 0 Å². The van der Waals surface area contributed by atoms with Crippen molar-refractivity contribution >= 4 is 5.91 Å². The van der Waals surface area contributed by atoms with Crippen molar-refractivity contribution in [2.24, 2.45) is 0 Å². The van der Waals surface area contributed by atoms with E-state index in [1.165, 1.54) is 6.07 Å². The van der Waals surface area contributed by atoms with Crippen molar-refractivity contribution in [1.29, 1.82) is 0 Å². The van der Waals surface area contributed by atoms with Crippen molar-refractivity contribution in [2.75, 3.05) is 13.1 Å². The highest BCUT2D eigenvalue weighted by Crippen LogP contribution is 2.16. The standard InChI is InChI=1S/C12H14FNO/c1-2-9-8-10(4-5-11(9)13)12(15)14-6-3-7-14/h4-5,8H,2-3,6-7H2,1H3. The highest BCUT2D eigenvalue weighted by atomic mass is 19.1. The van der Waals surface area contributed by atoms with Gasteiger partial charge in [-0.2, -0.15) is 0 Å². The summed E-state index contributed by atoms with van der Waals surface area (Å²) in [5, 5.41) is 0. The van der Waals surface area contributed by atoms with E-state index in [2.05, 4.69) is 0 Å². The number of halogens is 1. The molecule has 1 amide bonds. The van der Waals surface area contributed by atoms with Crippen LogP contribution >= 0.6 is 0 Å². The molecular formula is C12H14FNO. The zero-order chi connectivity index (χ0) is 10.8. The van der Waals surface area contributed by atoms with E-state index in [-0.39, 0.29) is 11.7 Å². The van der Waals surface area contributed by atoms with Crippen LogP contribution in [0.15, 0.2) is 18.2 Å². The van der Waals surface area contributed by atoms with Gasteiger partial charge in [0.15, 0.2) is 0 Å². The van der Waals surface area contributed by atoms with E-state index in [1.54, 1.807) is 17.0 Å². The van der Waals surface area contributed by atoms with Crippen LogP contribution in [0.3, 0.4) is 0 Å². The summed E-state index contributed by atoms with van der Waals surface area (Å²) in [6.07, 6.45) is 1.69. The van der Waals surface area contributed by atoms with Crippen molar-refractivity contribution in [3.8, 4) is 0 Å². The lowest BCUT2D eigenvalue weighted by Gasteiger charge is -2.31. The van der Waals surface area contributed by atoms with Gasteiger partial charge in [0.05, 0.1) is 0 Å². The van der Waals surface area contributed by atoms with Gasteiger partial charge < -0.3 is 4.90 Å². The van der Waals surface area contributed by atoms with Gasteiger partial charge in [-0.1, -0.05) is 6.92 Å². The second kappa shape index (κ2) is 4.01. The molecule has 0 saturated carbocycles. The zero-order valence-electron chi connectivity index (χ0n) is 8.79. The third kappa shape index (κ3) is 1.87. The lowest BCUT2D eigenvalue weighted by atomic mass is 10.1. The Morgan fingerprint density at radius 3 is 2.73 bits per heavy atom. The van der Waals surface area contributed by atoms with Crippen LogP contribution in [0.25, 0.3) is 0 Å². The SMILES string of the molecule is CCc1cc(C(=O)N2CCC2)ccc1F. The summed E-state index contributed by atoms with van der Waals surface area (Å²) in [5.41, 5.74) is 1.22. The largest absolute Gasteiger partial charge is 0.339 e. The molecule has 1 aromatic carbocycles. The molecule has 2 rings (SSSR count). The Morgan fingerprint density at radius 2 is 2.20 bits per heavy atom. The van der Waals surface area contributed by atoms with Crippen molar-refractivity contribution in [2.45, 2.75) is 19.8 Å². The third-order valence-electron chi connectivity index (χ3n) is 2.82. The number of amides is 1. The first-order valence-corrected chi connectivity index (χ1v) is 5.30. The van der Waals surface area contributed by atoms with E-state index in [4.69, 9.17) is 0 Å². The van der Waals surface area contributed by atoms with Gasteiger partial charge >= 0.3 is 0 Å². The van der Waals surface area contributed by atoms with Gasteiger partial charge in [0.2, 0.25) is 0 Å². The van der Waals surface area contributed by atoms with E-state index >= 15 is 0 Å². The number of hydrogen-bond acceptors (Lipinski definition) is 1. The van der Waals surface area contributed by atoms with E-state index in [0.717, 1.165) is 19.5 Å². The third-order valence-corrected chi connectivity index (χ3v) is 2.82. The number of carbonyl (C=O) groups excluding carboxylic acids is 1. The smallest absolute Gasteiger partial charge is 0.253 e. The maximum atomic E-state index is 13.2. The summed E-state index contributed by atoms with van der Waals surface area (Å²) in [6, 6.07) is 4.61. The molecule has 2 nitrogen and oxygen atoms in total. The molecule has 80 valence electrons. The summed E-state index contributed by atoms with van der Waals surface area (Å²) in [6.45, 7) is 3.55. The van der Waals surface area contributed by atoms with Gasteiger partial charge in [-0.05, 0) is 36.6 Å². The first kappa shape index (κ1) is 10.1. The number of carbonyl (C=O) groups is 1. The van der Waals surface area contributed by atoms with Crippen LogP contribution in [0.4, 0.5) is 4.39 Å². The number of rotatable bonds is 2. The second-order valence-electron chi connectivity index (χ2n) is 3.81. The lowest BCUT2D eigenvalue weighted by molar-refractivity contribution is 0.0651. The monoisotopic (exact) mass is 207 g/mol. The van der Waals surface area contributed by atoms with Gasteiger partial charge in [-0.15, -0.1) is 0 Å². The molecule has 0 aliphatic carbocycles. The molecule has 0 bridgehead atoms. The number of benzene rings is 1. The fraction of sp³-hybridized carbons (Fsp3) is 0.417. The summed E-state index contributed by atoms with van der Waals surface area (Å²) in [7, 11) is 0. The fourth-order valence-corrected chi connectivity index (χ4v) is 1.68. The normalized spacial score (nSPS) is 14.9. The van der Waals surface area contributed by atoms with Gasteiger partial charge in [-0.3, -0.25) is 4.79 Å². The minimum Gasteiger partial charge on any atom is -0.339 e. The topological polar surface area (TPSA) is 20.3 Å². The van der Waals surface area contributed by atoms with Crippen LogP contribution in [-0.4, -0.2) is 23.9 Å². The average molecular weight is 207 g/mol. The highest BCUT2D eigenvalue weighted by molar-refractivity contribution is 5.94. The summed E-state index contributed by atoms with van der Waals surface area (Å²) < 4.78 is 13.2. The minimum absolute atomic E-state index is 0.0240. The fourth-order valence-electron chi connectivity index (χ4n) is 1.68. The first-order chi connectivity index (χ1) is 7.22. The van der Waals surface area contributed by atoms with Crippen molar-refractivity contribution in [1.82, 2.24) is 4.90 Å². The molecule has 0 aromatic heterocycles. The Kier molecular flexibility index (Phi) is 2.71. The Bertz CT molecular complexity index is 385. The van der Waals surface area contributed by atoms with Crippen LogP contribution in [0.2, 0.25) is 0 Å². The molecule has 0 unspecified atom stereocenters. The maximum Gasteiger partial charge on any atom is 0.253 e. The Morgan fingerprint density at radius 1 is 1.47 bits per heavy atom. The number of nitrogens with zero attached hydrogens (tertiary/aromatic N) is 1. The molecule has 1 saturated heterocycles. The molecule has 1 heterocycles. The molecule has 0 N–H and O–H groups in total. The molecule has 0 atom stereocenters. The molecule has 1 aliphatic rings. The molecule has 0 spiro atoms. The molecular weight excluding hydrogens is 193 g/mol. The van der Waals surface area contributed by atoms with Gasteiger partial charge in [0, 0.05) is 18.7 Å². The number of likely N-dealkylation sites (tertiary alicyclic amines) is 1. The van der Waals surface area contributed by atoms with Gasteiger partial charge in [0.1, 0.15) is 5.82 Å². The predicted molar refractivity (Wildman–Crippen MR) is 56.3 cm³/mol. The van der Waals surface area contributed by atoms with Crippen LogP contribution < -0.4 is 0 Å². The van der Waals surface area contributed by atoms with E-state index in [1.807, 2.05) is 6.92 Å². The second-order valence-corrected chi connectivity index (χ2v) is 3.81. The first-order valence-electron chi connectivity index (χ1n) is 5.30. The predicted octanol–water partition coefficient (Wildman–Crippen LogP) is 2.23. The Balaban J connectivity index is 2.24. The molecule has 15 heavy (non-hydrogen) atoms. The molecule has 1 aromatic rings. The molecule has 1 aliphatic heterocycles. The summed E-state index contributed by atoms with van der Waals surface area (Å²) in [4.78, 5) is 13.6. The van der Waals surface area contributed by atoms with E-state index in [0.29, 0.717) is 17.5 Å². The summed E-state index contributed by atoms with van der Waals surface area (Å²) in [5.74, 6) is -0.200. The van der Waals surface area contributed by atoms with Gasteiger partial charge in [0.25, 0.3) is 5.91 Å². The van der Waals surface area contributed by atoms with Crippen molar-refractivity contribution in [3.63, 3.8) is 0 Å². The Labute approximate surface area is 88.7 Å². The van der Waals surface area contributed by atoms with Crippen molar-refractivity contribution in [3.05, 3.63) is 35.1 Å². The number of aryl methyl sites for hydroxylation is 1. The van der Waals surface area contributed by atoms with Crippen LogP contribution in [0.1, 0.15) is 29.3 Å². The molecule has 1 fully saturated rings. The van der Waals surface area contributed by atoms with Crippen LogP contribution in [0, 0.1) is 5.82 Å². The maximum absolute atomic E-state index is 13.2. The van der Waals surface area contributed by atoms with E-state index in [9.17, 15) is 9.18 Å². The quantitative estimate of drug-likeness (QED) is 0.728. The zero-order valence-corrected chi connectivity index (χ0v) is 8.79. The molecule has 3 heteroatoms. The Hall–Kier alpha value is -1.38. The van der Waals surface area contributed by atoms with Crippen LogP contribution in [-0.2, 0) is 6.42 Å². The average Bonchev–Trinajstić information content (AvgIpc) is 2.15. The summed E-state index contributed by atoms with van der Waals surface area (Å²) >= 11 is 0. The van der Waals surface area contributed by atoms with Gasteiger partial charge in [-0.25, -0.2) is 4.39 Å². The minimum atomic E-state index is -0.224. The molecule has 0 radical (unpaired) electrons. The lowest BCUT2D eigenvalue weighted by Crippen LogP contribution is -2.42. The van der Waals surface area contributed by atoms with Crippen molar-refractivity contribution < 1.29 is 9.18 Å². The van der Waals surface area contributed by atoms with Crippen LogP contribution in [0.5, 0.6) is 0 Å². The highest BCUT2D eigenvalue weighted by Gasteiger charge is 2.21. The number of hydrogen-bond donors (Lipinski definition) is 0.